The van der Waals surface area contributed by atoms with Gasteiger partial charge in [-0.3, -0.25) is 0 Å². The maximum absolute atomic E-state index is 6.21. The first-order chi connectivity index (χ1) is 9.10. The molecule has 2 rings (SSSR count). The van der Waals surface area contributed by atoms with Crippen molar-refractivity contribution in [1.82, 2.24) is 9.97 Å². The number of halogens is 1. The van der Waals surface area contributed by atoms with Crippen molar-refractivity contribution in [1.29, 1.82) is 0 Å². The summed E-state index contributed by atoms with van der Waals surface area (Å²) in [5, 5.41) is 3.75. The van der Waals surface area contributed by atoms with Crippen LogP contribution in [0.1, 0.15) is 19.5 Å². The zero-order valence-electron chi connectivity index (χ0n) is 11.4. The first-order valence-corrected chi connectivity index (χ1v) is 6.78. The predicted molar refractivity (Wildman–Crippen MR) is 80.6 cm³/mol. The lowest BCUT2D eigenvalue weighted by atomic mass is 10.1. The summed E-state index contributed by atoms with van der Waals surface area (Å²) in [6.45, 7) is 4.35. The molecule has 0 spiro atoms. The zero-order valence-corrected chi connectivity index (χ0v) is 12.2. The Morgan fingerprint density at radius 2 is 1.95 bits per heavy atom. The molecule has 0 saturated heterocycles. The molecule has 0 saturated carbocycles. The van der Waals surface area contributed by atoms with E-state index in [0.717, 1.165) is 23.5 Å². The van der Waals surface area contributed by atoms with Gasteiger partial charge in [-0.2, -0.15) is 0 Å². The van der Waals surface area contributed by atoms with E-state index in [1.807, 2.05) is 37.4 Å². The predicted octanol–water partition coefficient (Wildman–Crippen LogP) is 4.04. The van der Waals surface area contributed by atoms with Gasteiger partial charge >= 0.3 is 0 Å². The average molecular weight is 276 g/mol. The van der Waals surface area contributed by atoms with Gasteiger partial charge in [0.2, 0.25) is 0 Å². The topological polar surface area (TPSA) is 37.8 Å². The van der Waals surface area contributed by atoms with Crippen LogP contribution in [0.4, 0.5) is 5.82 Å². The van der Waals surface area contributed by atoms with Gasteiger partial charge in [-0.15, -0.1) is 0 Å². The Morgan fingerprint density at radius 3 is 2.58 bits per heavy atom. The molecular formula is C15H18ClN3. The van der Waals surface area contributed by atoms with Crippen molar-refractivity contribution in [2.24, 2.45) is 5.92 Å². The number of rotatable bonds is 4. The van der Waals surface area contributed by atoms with Crippen LogP contribution in [0.2, 0.25) is 5.02 Å². The third-order valence-electron chi connectivity index (χ3n) is 2.77. The first-order valence-electron chi connectivity index (χ1n) is 6.40. The van der Waals surface area contributed by atoms with Gasteiger partial charge in [0.05, 0.1) is 5.02 Å². The third kappa shape index (κ3) is 3.44. The molecule has 0 radical (unpaired) electrons. The highest BCUT2D eigenvalue weighted by molar-refractivity contribution is 6.33. The van der Waals surface area contributed by atoms with Crippen molar-refractivity contribution < 1.29 is 0 Å². The summed E-state index contributed by atoms with van der Waals surface area (Å²) in [4.78, 5) is 9.10. The minimum atomic E-state index is 0.554. The highest BCUT2D eigenvalue weighted by Crippen LogP contribution is 2.26. The Hall–Kier alpha value is -1.61. The maximum Gasteiger partial charge on any atom is 0.163 e. The normalized spacial score (nSPS) is 10.8. The molecule has 0 aliphatic heterocycles. The number of nitrogens with one attached hydrogen (secondary N) is 1. The van der Waals surface area contributed by atoms with Gasteiger partial charge in [0.25, 0.3) is 0 Å². The smallest absolute Gasteiger partial charge is 0.163 e. The minimum absolute atomic E-state index is 0.554. The van der Waals surface area contributed by atoms with Gasteiger partial charge in [0.1, 0.15) is 5.82 Å². The Labute approximate surface area is 119 Å². The van der Waals surface area contributed by atoms with Crippen molar-refractivity contribution in [3.63, 3.8) is 0 Å². The fourth-order valence-electron chi connectivity index (χ4n) is 1.91. The quantitative estimate of drug-likeness (QED) is 0.915. The molecule has 1 aromatic heterocycles. The van der Waals surface area contributed by atoms with Gasteiger partial charge in [-0.25, -0.2) is 9.97 Å². The van der Waals surface area contributed by atoms with E-state index in [0.29, 0.717) is 16.8 Å². The SMILES string of the molecule is CNc1cc(CC(C)C)nc(-c2ccccc2Cl)n1. The molecule has 2 aromatic rings. The highest BCUT2D eigenvalue weighted by Gasteiger charge is 2.10. The van der Waals surface area contributed by atoms with Crippen LogP contribution in [0.3, 0.4) is 0 Å². The molecule has 0 amide bonds. The fourth-order valence-corrected chi connectivity index (χ4v) is 2.13. The second kappa shape index (κ2) is 6.02. The number of aromatic nitrogens is 2. The second-order valence-electron chi connectivity index (χ2n) is 4.90. The van der Waals surface area contributed by atoms with Crippen LogP contribution in [0.25, 0.3) is 11.4 Å². The molecular weight excluding hydrogens is 258 g/mol. The van der Waals surface area contributed by atoms with Crippen LogP contribution in [0, 0.1) is 5.92 Å². The minimum Gasteiger partial charge on any atom is -0.373 e. The number of hydrogen-bond donors (Lipinski definition) is 1. The van der Waals surface area contributed by atoms with Gasteiger partial charge in [0.15, 0.2) is 5.82 Å². The third-order valence-corrected chi connectivity index (χ3v) is 3.10. The number of anilines is 1. The monoisotopic (exact) mass is 275 g/mol. The van der Waals surface area contributed by atoms with Gasteiger partial charge in [-0.1, -0.05) is 37.6 Å². The van der Waals surface area contributed by atoms with Gasteiger partial charge in [-0.05, 0) is 24.5 Å². The lowest BCUT2D eigenvalue weighted by Crippen LogP contribution is -2.03. The van der Waals surface area contributed by atoms with E-state index in [-0.39, 0.29) is 0 Å². The van der Waals surface area contributed by atoms with Crippen LogP contribution < -0.4 is 5.32 Å². The summed E-state index contributed by atoms with van der Waals surface area (Å²) >= 11 is 6.21. The number of benzene rings is 1. The van der Waals surface area contributed by atoms with E-state index in [9.17, 15) is 0 Å². The largest absolute Gasteiger partial charge is 0.373 e. The average Bonchev–Trinajstić information content (AvgIpc) is 2.38. The van der Waals surface area contributed by atoms with Crippen LogP contribution in [0.5, 0.6) is 0 Å². The second-order valence-corrected chi connectivity index (χ2v) is 5.30. The summed E-state index contributed by atoms with van der Waals surface area (Å²) in [6, 6.07) is 9.63. The summed E-state index contributed by atoms with van der Waals surface area (Å²) in [5.41, 5.74) is 1.90. The molecule has 19 heavy (non-hydrogen) atoms. The van der Waals surface area contributed by atoms with Crippen molar-refractivity contribution in [3.05, 3.63) is 41.0 Å². The number of hydrogen-bond acceptors (Lipinski definition) is 3. The Morgan fingerprint density at radius 1 is 1.21 bits per heavy atom. The van der Waals surface area contributed by atoms with Gasteiger partial charge in [0, 0.05) is 24.4 Å². The first kappa shape index (κ1) is 13.8. The van der Waals surface area contributed by atoms with Crippen LogP contribution in [0.15, 0.2) is 30.3 Å². The van der Waals surface area contributed by atoms with E-state index in [2.05, 4.69) is 29.1 Å². The van der Waals surface area contributed by atoms with E-state index < -0.39 is 0 Å². The Balaban J connectivity index is 2.48. The van der Waals surface area contributed by atoms with E-state index in [1.54, 1.807) is 0 Å². The molecule has 1 heterocycles. The number of nitrogens with zero attached hydrogens (tertiary/aromatic N) is 2. The summed E-state index contributed by atoms with van der Waals surface area (Å²) in [7, 11) is 1.86. The highest BCUT2D eigenvalue weighted by atomic mass is 35.5. The van der Waals surface area contributed by atoms with E-state index >= 15 is 0 Å². The molecule has 4 heteroatoms. The van der Waals surface area contributed by atoms with Gasteiger partial charge < -0.3 is 5.32 Å². The summed E-state index contributed by atoms with van der Waals surface area (Å²) < 4.78 is 0. The van der Waals surface area contributed by atoms with Crippen LogP contribution in [-0.4, -0.2) is 17.0 Å². The molecule has 0 aliphatic carbocycles. The molecule has 3 nitrogen and oxygen atoms in total. The molecule has 0 atom stereocenters. The fraction of sp³-hybridized carbons (Fsp3) is 0.333. The summed E-state index contributed by atoms with van der Waals surface area (Å²) in [5.74, 6) is 2.05. The zero-order chi connectivity index (χ0) is 13.8. The van der Waals surface area contributed by atoms with Crippen LogP contribution >= 0.6 is 11.6 Å². The molecule has 0 aliphatic rings. The van der Waals surface area contributed by atoms with Crippen molar-refractivity contribution >= 4 is 17.4 Å². The summed E-state index contributed by atoms with van der Waals surface area (Å²) in [6.07, 6.45) is 0.925. The maximum atomic E-state index is 6.21. The molecule has 100 valence electrons. The lowest BCUT2D eigenvalue weighted by Gasteiger charge is -2.10. The molecule has 0 fully saturated rings. The lowest BCUT2D eigenvalue weighted by molar-refractivity contribution is 0.635. The molecule has 0 unspecified atom stereocenters. The Bertz CT molecular complexity index is 567. The van der Waals surface area contributed by atoms with Crippen molar-refractivity contribution in [2.75, 3.05) is 12.4 Å². The molecule has 0 bridgehead atoms. The van der Waals surface area contributed by atoms with Crippen LogP contribution in [-0.2, 0) is 6.42 Å². The van der Waals surface area contributed by atoms with Crippen molar-refractivity contribution in [2.45, 2.75) is 20.3 Å². The van der Waals surface area contributed by atoms with E-state index in [4.69, 9.17) is 11.6 Å². The Kier molecular flexibility index (Phi) is 4.38. The standard InChI is InChI=1S/C15H18ClN3/c1-10(2)8-11-9-14(17-3)19-15(18-11)12-6-4-5-7-13(12)16/h4-7,9-10H,8H2,1-3H3,(H,17,18,19). The molecule has 1 aromatic carbocycles. The van der Waals surface area contributed by atoms with E-state index in [1.165, 1.54) is 0 Å². The molecule has 1 N–H and O–H groups in total. The van der Waals surface area contributed by atoms with Crippen molar-refractivity contribution in [3.8, 4) is 11.4 Å².